The van der Waals surface area contributed by atoms with Gasteiger partial charge in [0.1, 0.15) is 0 Å². The summed E-state index contributed by atoms with van der Waals surface area (Å²) in [6.45, 7) is 1.75. The number of carbonyl (C=O) groups is 1. The Morgan fingerprint density at radius 2 is 2.19 bits per heavy atom. The normalized spacial score (nSPS) is 10.4. The minimum Gasteiger partial charge on any atom is -0.478 e. The SMILES string of the molecule is Cc1ccc(-c2nnn(C)n2)cc1C(=O)O. The third kappa shape index (κ3) is 1.77. The van der Waals surface area contributed by atoms with E-state index in [4.69, 9.17) is 5.11 Å². The van der Waals surface area contributed by atoms with Crippen LogP contribution in [0.4, 0.5) is 0 Å². The molecule has 0 saturated heterocycles. The van der Waals surface area contributed by atoms with Crippen molar-refractivity contribution < 1.29 is 9.90 Å². The van der Waals surface area contributed by atoms with Gasteiger partial charge >= 0.3 is 5.97 Å². The number of aryl methyl sites for hydroxylation is 2. The number of tetrazole rings is 1. The van der Waals surface area contributed by atoms with Crippen molar-refractivity contribution in [2.45, 2.75) is 6.92 Å². The summed E-state index contributed by atoms with van der Waals surface area (Å²) in [5, 5.41) is 20.5. The molecule has 2 aromatic rings. The maximum absolute atomic E-state index is 10.9. The van der Waals surface area contributed by atoms with Gasteiger partial charge in [0.05, 0.1) is 12.6 Å². The Morgan fingerprint density at radius 3 is 2.75 bits per heavy atom. The number of nitrogens with zero attached hydrogens (tertiary/aromatic N) is 4. The van der Waals surface area contributed by atoms with E-state index in [1.807, 2.05) is 0 Å². The summed E-state index contributed by atoms with van der Waals surface area (Å²) in [5.74, 6) is -0.534. The van der Waals surface area contributed by atoms with Crippen LogP contribution in [0, 0.1) is 6.92 Å². The number of carboxylic acid groups (broad SMARTS) is 1. The fraction of sp³-hybridized carbons (Fsp3) is 0.200. The summed E-state index contributed by atoms with van der Waals surface area (Å²) in [5.41, 5.74) is 1.61. The van der Waals surface area contributed by atoms with E-state index in [1.54, 1.807) is 32.2 Å². The summed E-state index contributed by atoms with van der Waals surface area (Å²) in [4.78, 5) is 12.3. The van der Waals surface area contributed by atoms with Gasteiger partial charge in [-0.25, -0.2) is 4.79 Å². The zero-order valence-corrected chi connectivity index (χ0v) is 8.88. The minimum absolute atomic E-state index is 0.255. The monoisotopic (exact) mass is 218 g/mol. The lowest BCUT2D eigenvalue weighted by atomic mass is 10.0. The summed E-state index contributed by atoms with van der Waals surface area (Å²) < 4.78 is 0. The summed E-state index contributed by atoms with van der Waals surface area (Å²) in [6, 6.07) is 5.06. The molecule has 0 saturated carbocycles. The Morgan fingerprint density at radius 1 is 1.44 bits per heavy atom. The number of hydrogen-bond donors (Lipinski definition) is 1. The van der Waals surface area contributed by atoms with Gasteiger partial charge in [0.15, 0.2) is 0 Å². The molecule has 16 heavy (non-hydrogen) atoms. The topological polar surface area (TPSA) is 80.9 Å². The van der Waals surface area contributed by atoms with Crippen LogP contribution in [0.2, 0.25) is 0 Å². The van der Waals surface area contributed by atoms with Gasteiger partial charge in [0.2, 0.25) is 5.82 Å². The molecule has 0 aliphatic heterocycles. The van der Waals surface area contributed by atoms with Gasteiger partial charge < -0.3 is 5.11 Å². The molecule has 1 N–H and O–H groups in total. The van der Waals surface area contributed by atoms with Crippen LogP contribution < -0.4 is 0 Å². The molecule has 0 unspecified atom stereocenters. The van der Waals surface area contributed by atoms with Crippen molar-refractivity contribution in [3.63, 3.8) is 0 Å². The van der Waals surface area contributed by atoms with E-state index < -0.39 is 5.97 Å². The van der Waals surface area contributed by atoms with Crippen molar-refractivity contribution in [2.24, 2.45) is 7.05 Å². The highest BCUT2D eigenvalue weighted by Crippen LogP contribution is 2.18. The average molecular weight is 218 g/mol. The molecule has 0 aliphatic carbocycles. The van der Waals surface area contributed by atoms with Crippen molar-refractivity contribution in [3.8, 4) is 11.4 Å². The molecule has 0 aliphatic rings. The lowest BCUT2D eigenvalue weighted by molar-refractivity contribution is 0.0696. The molecule has 0 bridgehead atoms. The Bertz CT molecular complexity index is 548. The van der Waals surface area contributed by atoms with Crippen molar-refractivity contribution in [1.82, 2.24) is 20.2 Å². The Balaban J connectivity index is 2.51. The van der Waals surface area contributed by atoms with E-state index >= 15 is 0 Å². The van der Waals surface area contributed by atoms with E-state index in [9.17, 15) is 4.79 Å². The Labute approximate surface area is 91.5 Å². The Hall–Kier alpha value is -2.24. The van der Waals surface area contributed by atoms with Crippen LogP contribution in [-0.2, 0) is 7.05 Å². The molecule has 82 valence electrons. The first-order valence-corrected chi connectivity index (χ1v) is 4.66. The van der Waals surface area contributed by atoms with Gasteiger partial charge in [0, 0.05) is 5.56 Å². The van der Waals surface area contributed by atoms with Crippen molar-refractivity contribution in [2.75, 3.05) is 0 Å². The van der Waals surface area contributed by atoms with E-state index in [0.717, 1.165) is 0 Å². The van der Waals surface area contributed by atoms with Gasteiger partial charge in [-0.15, -0.1) is 10.2 Å². The van der Waals surface area contributed by atoms with Crippen LogP contribution in [0.15, 0.2) is 18.2 Å². The molecule has 0 radical (unpaired) electrons. The van der Waals surface area contributed by atoms with Gasteiger partial charge in [0.25, 0.3) is 0 Å². The largest absolute Gasteiger partial charge is 0.478 e. The highest BCUT2D eigenvalue weighted by molar-refractivity contribution is 5.90. The van der Waals surface area contributed by atoms with Gasteiger partial charge in [-0.1, -0.05) is 12.1 Å². The van der Waals surface area contributed by atoms with E-state index in [2.05, 4.69) is 15.4 Å². The van der Waals surface area contributed by atoms with E-state index in [0.29, 0.717) is 17.0 Å². The quantitative estimate of drug-likeness (QED) is 0.809. The molecule has 0 amide bonds. The summed E-state index contributed by atoms with van der Waals surface area (Å²) in [7, 11) is 1.66. The maximum atomic E-state index is 10.9. The summed E-state index contributed by atoms with van der Waals surface area (Å²) in [6.07, 6.45) is 0. The maximum Gasteiger partial charge on any atom is 0.335 e. The number of carboxylic acids is 1. The second kappa shape index (κ2) is 3.73. The van der Waals surface area contributed by atoms with Crippen LogP contribution in [0.1, 0.15) is 15.9 Å². The molecular formula is C10H10N4O2. The van der Waals surface area contributed by atoms with Crippen LogP contribution in [0.5, 0.6) is 0 Å². The smallest absolute Gasteiger partial charge is 0.335 e. The third-order valence-electron chi connectivity index (χ3n) is 2.23. The van der Waals surface area contributed by atoms with Crippen molar-refractivity contribution >= 4 is 5.97 Å². The van der Waals surface area contributed by atoms with Crippen LogP contribution in [0.3, 0.4) is 0 Å². The molecule has 2 rings (SSSR count). The van der Waals surface area contributed by atoms with Crippen LogP contribution in [0.25, 0.3) is 11.4 Å². The molecular weight excluding hydrogens is 208 g/mol. The number of benzene rings is 1. The fourth-order valence-electron chi connectivity index (χ4n) is 1.39. The zero-order chi connectivity index (χ0) is 11.7. The molecule has 1 aromatic carbocycles. The highest BCUT2D eigenvalue weighted by atomic mass is 16.4. The lowest BCUT2D eigenvalue weighted by Crippen LogP contribution is -2.00. The third-order valence-corrected chi connectivity index (χ3v) is 2.23. The fourth-order valence-corrected chi connectivity index (χ4v) is 1.39. The predicted octanol–water partition coefficient (Wildman–Crippen LogP) is 0.884. The van der Waals surface area contributed by atoms with E-state index in [-0.39, 0.29) is 5.56 Å². The molecule has 1 aromatic heterocycles. The molecule has 0 spiro atoms. The van der Waals surface area contributed by atoms with Gasteiger partial charge in [-0.2, -0.15) is 4.80 Å². The van der Waals surface area contributed by atoms with Gasteiger partial charge in [-0.05, 0) is 23.8 Å². The van der Waals surface area contributed by atoms with E-state index in [1.165, 1.54) is 4.80 Å². The second-order valence-corrected chi connectivity index (χ2v) is 3.44. The lowest BCUT2D eigenvalue weighted by Gasteiger charge is -2.01. The number of rotatable bonds is 2. The molecule has 0 atom stereocenters. The molecule has 6 heteroatoms. The predicted molar refractivity (Wildman–Crippen MR) is 55.9 cm³/mol. The first kappa shape index (κ1) is 10.3. The minimum atomic E-state index is -0.955. The molecule has 1 heterocycles. The number of aromatic carboxylic acids is 1. The van der Waals surface area contributed by atoms with Crippen LogP contribution in [-0.4, -0.2) is 31.3 Å². The first-order valence-electron chi connectivity index (χ1n) is 4.66. The Kier molecular flexibility index (Phi) is 2.40. The molecule has 6 nitrogen and oxygen atoms in total. The summed E-state index contributed by atoms with van der Waals surface area (Å²) >= 11 is 0. The second-order valence-electron chi connectivity index (χ2n) is 3.44. The average Bonchev–Trinajstić information content (AvgIpc) is 2.65. The van der Waals surface area contributed by atoms with Crippen LogP contribution >= 0.6 is 0 Å². The standard InChI is InChI=1S/C10H10N4O2/c1-6-3-4-7(5-8(6)10(15)16)9-11-13-14(2)12-9/h3-5H,1-2H3,(H,15,16). The van der Waals surface area contributed by atoms with Crippen molar-refractivity contribution in [1.29, 1.82) is 0 Å². The molecule has 0 fully saturated rings. The highest BCUT2D eigenvalue weighted by Gasteiger charge is 2.11. The van der Waals surface area contributed by atoms with Gasteiger partial charge in [-0.3, -0.25) is 0 Å². The zero-order valence-electron chi connectivity index (χ0n) is 8.88. The number of aromatic nitrogens is 4. The van der Waals surface area contributed by atoms with Crippen molar-refractivity contribution in [3.05, 3.63) is 29.3 Å². The number of hydrogen-bond acceptors (Lipinski definition) is 4. The first-order chi connectivity index (χ1) is 7.58.